The standard InChI is InChI=1S/C13H16N2O4/c14-7-8-5-6-11(19-8)12(16)15-10-4-2-1-3-9(10)13(17)18/h1-4,8,11H,5-7,14H2,(H,15,16)(H,17,18). The molecular formula is C13H16N2O4. The van der Waals surface area contributed by atoms with Crippen molar-refractivity contribution in [3.8, 4) is 0 Å². The number of para-hydroxylation sites is 1. The fourth-order valence-corrected chi connectivity index (χ4v) is 2.06. The minimum Gasteiger partial charge on any atom is -0.478 e. The molecule has 1 fully saturated rings. The number of carboxylic acids is 1. The van der Waals surface area contributed by atoms with Crippen LogP contribution in [0.4, 0.5) is 5.69 Å². The molecule has 0 aromatic heterocycles. The van der Waals surface area contributed by atoms with Crippen LogP contribution < -0.4 is 11.1 Å². The lowest BCUT2D eigenvalue weighted by molar-refractivity contribution is -0.126. The first-order valence-electron chi connectivity index (χ1n) is 6.10. The Morgan fingerprint density at radius 2 is 2.11 bits per heavy atom. The molecule has 1 aromatic carbocycles. The van der Waals surface area contributed by atoms with E-state index in [1.807, 2.05) is 0 Å². The molecule has 0 spiro atoms. The molecule has 2 atom stereocenters. The summed E-state index contributed by atoms with van der Waals surface area (Å²) in [6.45, 7) is 0.384. The number of rotatable bonds is 4. The summed E-state index contributed by atoms with van der Waals surface area (Å²) >= 11 is 0. The van der Waals surface area contributed by atoms with Crippen molar-refractivity contribution in [2.45, 2.75) is 25.0 Å². The molecule has 1 heterocycles. The Balaban J connectivity index is 2.05. The molecular weight excluding hydrogens is 248 g/mol. The molecule has 6 heteroatoms. The van der Waals surface area contributed by atoms with Crippen molar-refractivity contribution in [1.82, 2.24) is 0 Å². The van der Waals surface area contributed by atoms with Crippen molar-refractivity contribution in [2.24, 2.45) is 5.73 Å². The van der Waals surface area contributed by atoms with Crippen molar-refractivity contribution >= 4 is 17.6 Å². The maximum absolute atomic E-state index is 12.0. The number of ether oxygens (including phenoxy) is 1. The van der Waals surface area contributed by atoms with Crippen molar-refractivity contribution < 1.29 is 19.4 Å². The summed E-state index contributed by atoms with van der Waals surface area (Å²) in [4.78, 5) is 23.0. The number of aromatic carboxylic acids is 1. The largest absolute Gasteiger partial charge is 0.478 e. The van der Waals surface area contributed by atoms with Gasteiger partial charge in [-0.25, -0.2) is 4.79 Å². The van der Waals surface area contributed by atoms with E-state index in [9.17, 15) is 9.59 Å². The average molecular weight is 264 g/mol. The average Bonchev–Trinajstić information content (AvgIpc) is 2.88. The van der Waals surface area contributed by atoms with Crippen LogP contribution in [0, 0.1) is 0 Å². The van der Waals surface area contributed by atoms with Gasteiger partial charge < -0.3 is 20.9 Å². The second-order valence-corrected chi connectivity index (χ2v) is 4.40. The number of amides is 1. The molecule has 0 saturated carbocycles. The molecule has 19 heavy (non-hydrogen) atoms. The Kier molecular flexibility index (Phi) is 4.13. The van der Waals surface area contributed by atoms with Gasteiger partial charge in [-0.05, 0) is 25.0 Å². The van der Waals surface area contributed by atoms with E-state index < -0.39 is 12.1 Å². The first kappa shape index (κ1) is 13.5. The van der Waals surface area contributed by atoms with E-state index in [2.05, 4.69) is 5.32 Å². The summed E-state index contributed by atoms with van der Waals surface area (Å²) in [5.41, 5.74) is 5.82. The second kappa shape index (κ2) is 5.81. The molecule has 1 aliphatic heterocycles. The molecule has 1 saturated heterocycles. The van der Waals surface area contributed by atoms with E-state index in [1.54, 1.807) is 18.2 Å². The highest BCUT2D eigenvalue weighted by Gasteiger charge is 2.30. The molecule has 4 N–H and O–H groups in total. The topological polar surface area (TPSA) is 102 Å². The minimum atomic E-state index is -1.08. The predicted octanol–water partition coefficient (Wildman–Crippen LogP) is 0.830. The lowest BCUT2D eigenvalue weighted by Gasteiger charge is -2.13. The highest BCUT2D eigenvalue weighted by atomic mass is 16.5. The maximum Gasteiger partial charge on any atom is 0.337 e. The van der Waals surface area contributed by atoms with E-state index in [4.69, 9.17) is 15.6 Å². The molecule has 6 nitrogen and oxygen atoms in total. The smallest absolute Gasteiger partial charge is 0.337 e. The zero-order chi connectivity index (χ0) is 13.8. The number of hydrogen-bond acceptors (Lipinski definition) is 4. The van der Waals surface area contributed by atoms with Gasteiger partial charge in [0.15, 0.2) is 0 Å². The number of carbonyl (C=O) groups is 2. The molecule has 1 aromatic rings. The third-order valence-electron chi connectivity index (χ3n) is 3.08. The monoisotopic (exact) mass is 264 g/mol. The van der Waals surface area contributed by atoms with Crippen LogP contribution in [-0.2, 0) is 9.53 Å². The van der Waals surface area contributed by atoms with Crippen LogP contribution in [0.25, 0.3) is 0 Å². The number of hydrogen-bond donors (Lipinski definition) is 3. The number of nitrogens with two attached hydrogens (primary N) is 1. The van der Waals surface area contributed by atoms with Gasteiger partial charge in [-0.3, -0.25) is 4.79 Å². The van der Waals surface area contributed by atoms with Gasteiger partial charge in [0, 0.05) is 6.54 Å². The summed E-state index contributed by atoms with van der Waals surface area (Å²) in [6.07, 6.45) is 0.693. The molecule has 2 rings (SSSR count). The van der Waals surface area contributed by atoms with Gasteiger partial charge in [-0.1, -0.05) is 12.1 Å². The Labute approximate surface area is 110 Å². The van der Waals surface area contributed by atoms with Crippen LogP contribution in [0.1, 0.15) is 23.2 Å². The van der Waals surface area contributed by atoms with Gasteiger partial charge in [0.05, 0.1) is 17.4 Å². The quantitative estimate of drug-likeness (QED) is 0.747. The van der Waals surface area contributed by atoms with Gasteiger partial charge in [0.2, 0.25) is 0 Å². The molecule has 0 aliphatic carbocycles. The van der Waals surface area contributed by atoms with E-state index in [0.717, 1.165) is 6.42 Å². The molecule has 2 unspecified atom stereocenters. The lowest BCUT2D eigenvalue weighted by Crippen LogP contribution is -2.30. The second-order valence-electron chi connectivity index (χ2n) is 4.40. The molecule has 1 aliphatic rings. The maximum atomic E-state index is 12.0. The Morgan fingerprint density at radius 3 is 2.74 bits per heavy atom. The Hall–Kier alpha value is -1.92. The minimum absolute atomic E-state index is 0.0595. The van der Waals surface area contributed by atoms with E-state index in [-0.39, 0.29) is 23.3 Å². The van der Waals surface area contributed by atoms with Crippen LogP contribution in [0.2, 0.25) is 0 Å². The number of carboxylic acid groups (broad SMARTS) is 1. The fourth-order valence-electron chi connectivity index (χ4n) is 2.06. The summed E-state index contributed by atoms with van der Waals surface area (Å²) < 4.78 is 5.46. The zero-order valence-electron chi connectivity index (χ0n) is 10.3. The summed E-state index contributed by atoms with van der Waals surface area (Å²) in [7, 11) is 0. The number of anilines is 1. The van der Waals surface area contributed by atoms with Crippen molar-refractivity contribution in [3.05, 3.63) is 29.8 Å². The van der Waals surface area contributed by atoms with Crippen LogP contribution >= 0.6 is 0 Å². The molecule has 1 amide bonds. The van der Waals surface area contributed by atoms with E-state index >= 15 is 0 Å². The summed E-state index contributed by atoms with van der Waals surface area (Å²) in [5.74, 6) is -1.41. The fraction of sp³-hybridized carbons (Fsp3) is 0.385. The van der Waals surface area contributed by atoms with Crippen molar-refractivity contribution in [3.63, 3.8) is 0 Å². The van der Waals surface area contributed by atoms with Crippen molar-refractivity contribution in [1.29, 1.82) is 0 Å². The Morgan fingerprint density at radius 1 is 1.37 bits per heavy atom. The Bertz CT molecular complexity index is 489. The lowest BCUT2D eigenvalue weighted by atomic mass is 10.1. The SMILES string of the molecule is NCC1CCC(C(=O)Nc2ccccc2C(=O)O)O1. The summed E-state index contributed by atoms with van der Waals surface area (Å²) in [5, 5.41) is 11.6. The number of nitrogens with one attached hydrogen (secondary N) is 1. The highest BCUT2D eigenvalue weighted by Crippen LogP contribution is 2.21. The third kappa shape index (κ3) is 3.10. The van der Waals surface area contributed by atoms with Crippen LogP contribution in [0.3, 0.4) is 0 Å². The zero-order valence-corrected chi connectivity index (χ0v) is 10.3. The van der Waals surface area contributed by atoms with E-state index in [1.165, 1.54) is 6.07 Å². The third-order valence-corrected chi connectivity index (χ3v) is 3.08. The molecule has 0 radical (unpaired) electrons. The highest BCUT2D eigenvalue weighted by molar-refractivity contribution is 6.01. The molecule has 0 bridgehead atoms. The number of benzene rings is 1. The number of carbonyl (C=O) groups excluding carboxylic acids is 1. The van der Waals surface area contributed by atoms with E-state index in [0.29, 0.717) is 13.0 Å². The van der Waals surface area contributed by atoms with Gasteiger partial charge in [0.25, 0.3) is 5.91 Å². The first-order chi connectivity index (χ1) is 9.11. The normalized spacial score (nSPS) is 22.2. The van der Waals surface area contributed by atoms with Crippen LogP contribution in [-0.4, -0.2) is 35.7 Å². The van der Waals surface area contributed by atoms with Crippen LogP contribution in [0.5, 0.6) is 0 Å². The summed E-state index contributed by atoms with van der Waals surface area (Å²) in [6, 6.07) is 6.27. The van der Waals surface area contributed by atoms with Gasteiger partial charge in [0.1, 0.15) is 6.10 Å². The van der Waals surface area contributed by atoms with Crippen molar-refractivity contribution in [2.75, 3.05) is 11.9 Å². The predicted molar refractivity (Wildman–Crippen MR) is 69.0 cm³/mol. The van der Waals surface area contributed by atoms with Crippen LogP contribution in [0.15, 0.2) is 24.3 Å². The first-order valence-corrected chi connectivity index (χ1v) is 6.10. The van der Waals surface area contributed by atoms with Gasteiger partial charge in [-0.2, -0.15) is 0 Å². The van der Waals surface area contributed by atoms with Gasteiger partial charge >= 0.3 is 5.97 Å². The van der Waals surface area contributed by atoms with Gasteiger partial charge in [-0.15, -0.1) is 0 Å². The molecule has 102 valence electrons.